The van der Waals surface area contributed by atoms with E-state index in [2.05, 4.69) is 26.1 Å². The van der Waals surface area contributed by atoms with Gasteiger partial charge in [-0.25, -0.2) is 0 Å². The molecule has 2 unspecified atom stereocenters. The van der Waals surface area contributed by atoms with Crippen LogP contribution in [0.1, 0.15) is 40.5 Å². The van der Waals surface area contributed by atoms with Crippen molar-refractivity contribution >= 4 is 0 Å². The molecule has 1 aromatic rings. The van der Waals surface area contributed by atoms with Gasteiger partial charge in [0.2, 0.25) is 0 Å². The zero-order valence-corrected chi connectivity index (χ0v) is 12.6. The Morgan fingerprint density at radius 1 is 1.16 bits per heavy atom. The van der Waals surface area contributed by atoms with Crippen LogP contribution in [0, 0.1) is 0 Å². The van der Waals surface area contributed by atoms with Gasteiger partial charge in [0.1, 0.15) is 11.5 Å². The second-order valence-corrected chi connectivity index (χ2v) is 4.93. The topological polar surface area (TPSA) is 30.5 Å². The largest absolute Gasteiger partial charge is 0.494 e. The van der Waals surface area contributed by atoms with Crippen molar-refractivity contribution in [2.24, 2.45) is 0 Å². The van der Waals surface area contributed by atoms with Gasteiger partial charge in [0.15, 0.2) is 0 Å². The zero-order valence-electron chi connectivity index (χ0n) is 12.6. The third-order valence-electron chi connectivity index (χ3n) is 2.88. The summed E-state index contributed by atoms with van der Waals surface area (Å²) < 4.78 is 11.4. The smallest absolute Gasteiger partial charge is 0.123 e. The fraction of sp³-hybridized carbons (Fsp3) is 0.625. The second kappa shape index (κ2) is 8.81. The first-order valence-corrected chi connectivity index (χ1v) is 7.28. The molecule has 0 aliphatic rings. The van der Waals surface area contributed by atoms with E-state index in [1.807, 2.05) is 31.2 Å². The lowest BCUT2D eigenvalue weighted by Crippen LogP contribution is -2.31. The normalized spacial score (nSPS) is 13.9. The Balaban J connectivity index is 2.42. The molecule has 0 heterocycles. The highest BCUT2D eigenvalue weighted by atomic mass is 16.5. The lowest BCUT2D eigenvalue weighted by molar-refractivity contribution is 0.195. The van der Waals surface area contributed by atoms with E-state index in [0.29, 0.717) is 12.6 Å². The maximum atomic E-state index is 5.93. The van der Waals surface area contributed by atoms with Gasteiger partial charge in [-0.05, 0) is 52.3 Å². The lowest BCUT2D eigenvalue weighted by Gasteiger charge is -2.20. The van der Waals surface area contributed by atoms with Gasteiger partial charge in [-0.2, -0.15) is 0 Å². The molecule has 0 aromatic heterocycles. The number of benzene rings is 1. The van der Waals surface area contributed by atoms with Crippen molar-refractivity contribution in [1.29, 1.82) is 0 Å². The van der Waals surface area contributed by atoms with Gasteiger partial charge in [0.25, 0.3) is 0 Å². The summed E-state index contributed by atoms with van der Waals surface area (Å²) >= 11 is 0. The van der Waals surface area contributed by atoms with Gasteiger partial charge in [-0.15, -0.1) is 0 Å². The minimum atomic E-state index is 0.191. The van der Waals surface area contributed by atoms with Gasteiger partial charge in [-0.3, -0.25) is 0 Å². The van der Waals surface area contributed by atoms with Crippen molar-refractivity contribution in [3.63, 3.8) is 0 Å². The summed E-state index contributed by atoms with van der Waals surface area (Å²) in [7, 11) is 0. The Bertz CT molecular complexity index is 354. The average Bonchev–Trinajstić information content (AvgIpc) is 2.37. The first-order chi connectivity index (χ1) is 9.15. The van der Waals surface area contributed by atoms with Crippen molar-refractivity contribution in [2.45, 2.75) is 52.7 Å². The van der Waals surface area contributed by atoms with E-state index in [1.165, 1.54) is 0 Å². The van der Waals surface area contributed by atoms with Crippen LogP contribution >= 0.6 is 0 Å². The molecule has 19 heavy (non-hydrogen) atoms. The van der Waals surface area contributed by atoms with Crippen molar-refractivity contribution in [3.05, 3.63) is 24.3 Å². The van der Waals surface area contributed by atoms with Crippen LogP contribution in [0.2, 0.25) is 0 Å². The predicted molar refractivity (Wildman–Crippen MR) is 80.1 cm³/mol. The molecule has 0 radical (unpaired) electrons. The third-order valence-corrected chi connectivity index (χ3v) is 2.88. The first kappa shape index (κ1) is 15.8. The molecule has 2 atom stereocenters. The molecular formula is C16H27NO2. The van der Waals surface area contributed by atoms with E-state index in [1.54, 1.807) is 0 Å². The van der Waals surface area contributed by atoms with Crippen molar-refractivity contribution in [2.75, 3.05) is 13.2 Å². The monoisotopic (exact) mass is 265 g/mol. The Morgan fingerprint density at radius 3 is 2.58 bits per heavy atom. The highest BCUT2D eigenvalue weighted by Gasteiger charge is 2.09. The average molecular weight is 265 g/mol. The van der Waals surface area contributed by atoms with Gasteiger partial charge < -0.3 is 14.8 Å². The molecule has 0 spiro atoms. The van der Waals surface area contributed by atoms with Crippen LogP contribution in [0.15, 0.2) is 24.3 Å². The fourth-order valence-corrected chi connectivity index (χ4v) is 2.06. The van der Waals surface area contributed by atoms with E-state index in [9.17, 15) is 0 Å². The molecule has 3 heteroatoms. The Morgan fingerprint density at radius 2 is 1.89 bits per heavy atom. The van der Waals surface area contributed by atoms with Crippen molar-refractivity contribution in [1.82, 2.24) is 5.32 Å². The van der Waals surface area contributed by atoms with Crippen LogP contribution in [0.5, 0.6) is 11.5 Å². The van der Waals surface area contributed by atoms with Gasteiger partial charge in [-0.1, -0.05) is 13.0 Å². The molecule has 108 valence electrons. The number of rotatable bonds is 9. The van der Waals surface area contributed by atoms with Crippen LogP contribution in [-0.4, -0.2) is 25.3 Å². The van der Waals surface area contributed by atoms with E-state index < -0.39 is 0 Å². The van der Waals surface area contributed by atoms with Crippen LogP contribution in [0.3, 0.4) is 0 Å². The molecule has 1 aromatic carbocycles. The third kappa shape index (κ3) is 6.48. The summed E-state index contributed by atoms with van der Waals surface area (Å²) in [6.07, 6.45) is 2.35. The quantitative estimate of drug-likeness (QED) is 0.739. The first-order valence-electron chi connectivity index (χ1n) is 7.28. The molecule has 0 saturated heterocycles. The molecular weight excluding hydrogens is 238 g/mol. The summed E-state index contributed by atoms with van der Waals surface area (Å²) in [6, 6.07) is 8.32. The van der Waals surface area contributed by atoms with Crippen LogP contribution in [0.25, 0.3) is 0 Å². The molecule has 1 rings (SSSR count). The molecule has 3 nitrogen and oxygen atoms in total. The molecule has 0 amide bonds. The van der Waals surface area contributed by atoms with Gasteiger partial charge >= 0.3 is 0 Å². The second-order valence-electron chi connectivity index (χ2n) is 4.93. The standard InChI is InChI=1S/C16H27NO2/c1-5-10-17-13(3)11-14(4)19-16-9-7-8-15(12-16)18-6-2/h7-9,12-14,17H,5-6,10-11H2,1-4H3. The number of hydrogen-bond donors (Lipinski definition) is 1. The summed E-state index contributed by atoms with van der Waals surface area (Å²) in [5.74, 6) is 1.74. The Labute approximate surface area is 117 Å². The molecule has 0 bridgehead atoms. The molecule has 0 saturated carbocycles. The van der Waals surface area contributed by atoms with Crippen LogP contribution in [0.4, 0.5) is 0 Å². The van der Waals surface area contributed by atoms with Gasteiger partial charge in [0, 0.05) is 12.1 Å². The SMILES string of the molecule is CCCNC(C)CC(C)Oc1cccc(OCC)c1. The van der Waals surface area contributed by atoms with Crippen molar-refractivity contribution in [3.8, 4) is 11.5 Å². The number of ether oxygens (including phenoxy) is 2. The fourth-order valence-electron chi connectivity index (χ4n) is 2.06. The minimum absolute atomic E-state index is 0.191. The summed E-state index contributed by atoms with van der Waals surface area (Å²) in [5.41, 5.74) is 0. The predicted octanol–water partition coefficient (Wildman–Crippen LogP) is 3.63. The summed E-state index contributed by atoms with van der Waals surface area (Å²) in [5, 5.41) is 3.48. The van der Waals surface area contributed by atoms with Crippen LogP contribution < -0.4 is 14.8 Å². The number of hydrogen-bond acceptors (Lipinski definition) is 3. The van der Waals surface area contributed by atoms with Gasteiger partial charge in [0.05, 0.1) is 12.7 Å². The summed E-state index contributed by atoms with van der Waals surface area (Å²) in [6.45, 7) is 10.2. The maximum absolute atomic E-state index is 5.93. The van der Waals surface area contributed by atoms with E-state index in [4.69, 9.17) is 9.47 Å². The van der Waals surface area contributed by atoms with Crippen LogP contribution in [-0.2, 0) is 0 Å². The molecule has 1 N–H and O–H groups in total. The molecule has 0 aliphatic heterocycles. The molecule has 0 fully saturated rings. The number of nitrogens with one attached hydrogen (secondary N) is 1. The minimum Gasteiger partial charge on any atom is -0.494 e. The highest BCUT2D eigenvalue weighted by molar-refractivity contribution is 5.33. The zero-order chi connectivity index (χ0) is 14.1. The maximum Gasteiger partial charge on any atom is 0.123 e. The Kier molecular flexibility index (Phi) is 7.34. The Hall–Kier alpha value is -1.22. The lowest BCUT2D eigenvalue weighted by atomic mass is 10.1. The van der Waals surface area contributed by atoms with E-state index in [0.717, 1.165) is 30.9 Å². The highest BCUT2D eigenvalue weighted by Crippen LogP contribution is 2.21. The van der Waals surface area contributed by atoms with E-state index >= 15 is 0 Å². The molecule has 0 aliphatic carbocycles. The van der Waals surface area contributed by atoms with E-state index in [-0.39, 0.29) is 6.10 Å². The van der Waals surface area contributed by atoms with Crippen molar-refractivity contribution < 1.29 is 9.47 Å². The summed E-state index contributed by atoms with van der Waals surface area (Å²) in [4.78, 5) is 0.